The van der Waals surface area contributed by atoms with Crippen molar-refractivity contribution < 1.29 is 14.6 Å². The molecule has 0 radical (unpaired) electrons. The first-order valence-corrected chi connectivity index (χ1v) is 7.28. The molecule has 1 aliphatic rings. The van der Waals surface area contributed by atoms with Gasteiger partial charge in [-0.25, -0.2) is 4.79 Å². The summed E-state index contributed by atoms with van der Waals surface area (Å²) in [5.74, 6) is 1.62. The van der Waals surface area contributed by atoms with E-state index >= 15 is 0 Å². The van der Waals surface area contributed by atoms with Crippen LogP contribution in [0.1, 0.15) is 33.6 Å². The van der Waals surface area contributed by atoms with Crippen LogP contribution in [0.15, 0.2) is 0 Å². The largest absolute Gasteiger partial charge is 0.444 e. The monoisotopic (exact) mass is 261 g/mol. The molecule has 4 nitrogen and oxygen atoms in total. The number of aliphatic hydroxyl groups excluding tert-OH is 1. The Labute approximate surface area is 108 Å². The lowest BCUT2D eigenvalue weighted by atomic mass is 10.2. The Bertz CT molecular complexity index is 253. The average Bonchev–Trinajstić information content (AvgIpc) is 2.64. The van der Waals surface area contributed by atoms with Gasteiger partial charge in [-0.2, -0.15) is 11.8 Å². The van der Waals surface area contributed by atoms with Gasteiger partial charge in [0.1, 0.15) is 5.60 Å². The van der Waals surface area contributed by atoms with Gasteiger partial charge in [-0.15, -0.1) is 0 Å². The van der Waals surface area contributed by atoms with Gasteiger partial charge < -0.3 is 14.7 Å². The normalized spacial score (nSPS) is 20.7. The number of carbonyl (C=O) groups excluding carboxylic acids is 1. The van der Waals surface area contributed by atoms with Crippen LogP contribution < -0.4 is 0 Å². The fourth-order valence-electron chi connectivity index (χ4n) is 1.85. The van der Waals surface area contributed by atoms with Crippen molar-refractivity contribution in [3.63, 3.8) is 0 Å². The molecule has 1 saturated heterocycles. The molecule has 100 valence electrons. The van der Waals surface area contributed by atoms with Crippen molar-refractivity contribution in [2.24, 2.45) is 0 Å². The predicted octanol–water partition coefficient (Wildman–Crippen LogP) is 2.11. The lowest BCUT2D eigenvalue weighted by Gasteiger charge is -2.28. The highest BCUT2D eigenvalue weighted by Gasteiger charge is 2.31. The highest BCUT2D eigenvalue weighted by Crippen LogP contribution is 2.23. The van der Waals surface area contributed by atoms with Crippen LogP contribution in [0.2, 0.25) is 0 Å². The van der Waals surface area contributed by atoms with Gasteiger partial charge >= 0.3 is 6.09 Å². The van der Waals surface area contributed by atoms with E-state index in [4.69, 9.17) is 9.84 Å². The molecule has 1 fully saturated rings. The molecule has 1 rings (SSSR count). The molecule has 0 bridgehead atoms. The number of amides is 1. The van der Waals surface area contributed by atoms with Crippen LogP contribution in [0.3, 0.4) is 0 Å². The highest BCUT2D eigenvalue weighted by molar-refractivity contribution is 7.99. The maximum atomic E-state index is 11.9. The summed E-state index contributed by atoms with van der Waals surface area (Å²) < 4.78 is 5.39. The molecule has 1 amide bonds. The molecule has 1 atom stereocenters. The minimum absolute atomic E-state index is 0.198. The lowest BCUT2D eigenvalue weighted by Crippen LogP contribution is -2.40. The Balaban J connectivity index is 2.42. The average molecular weight is 261 g/mol. The molecule has 1 heterocycles. The molecule has 0 aromatic carbocycles. The molecular formula is C12H23NO3S. The molecule has 0 saturated carbocycles. The first kappa shape index (κ1) is 14.6. The Morgan fingerprint density at radius 2 is 2.24 bits per heavy atom. The molecule has 0 aliphatic carbocycles. The van der Waals surface area contributed by atoms with E-state index in [0.29, 0.717) is 0 Å². The third-order valence-electron chi connectivity index (χ3n) is 2.55. The molecule has 1 aliphatic heterocycles. The number of carbonyl (C=O) groups is 1. The van der Waals surface area contributed by atoms with E-state index in [-0.39, 0.29) is 18.7 Å². The summed E-state index contributed by atoms with van der Waals surface area (Å²) in [4.78, 5) is 13.8. The molecule has 1 N–H and O–H groups in total. The first-order valence-electron chi connectivity index (χ1n) is 6.12. The maximum absolute atomic E-state index is 11.9. The fourth-order valence-corrected chi connectivity index (χ4v) is 2.77. The zero-order valence-corrected chi connectivity index (χ0v) is 11.8. The van der Waals surface area contributed by atoms with Gasteiger partial charge in [-0.3, -0.25) is 0 Å². The van der Waals surface area contributed by atoms with Crippen molar-refractivity contribution in [1.82, 2.24) is 4.90 Å². The summed E-state index contributed by atoms with van der Waals surface area (Å²) in [5.41, 5.74) is -0.428. The van der Waals surface area contributed by atoms with Crippen LogP contribution in [0.5, 0.6) is 0 Å². The molecule has 1 unspecified atom stereocenters. The molecule has 17 heavy (non-hydrogen) atoms. The zero-order valence-electron chi connectivity index (χ0n) is 10.9. The number of nitrogens with zero attached hydrogens (tertiary/aromatic N) is 1. The smallest absolute Gasteiger partial charge is 0.410 e. The van der Waals surface area contributed by atoms with E-state index in [2.05, 4.69) is 0 Å². The van der Waals surface area contributed by atoms with Gasteiger partial charge in [-0.1, -0.05) is 0 Å². The minimum atomic E-state index is -0.428. The first-order chi connectivity index (χ1) is 7.94. The zero-order chi connectivity index (χ0) is 12.9. The molecule has 0 aromatic heterocycles. The number of ether oxygens (including phenoxy) is 1. The van der Waals surface area contributed by atoms with Gasteiger partial charge in [0.25, 0.3) is 0 Å². The number of likely N-dealkylation sites (tertiary alicyclic amines) is 1. The Morgan fingerprint density at radius 3 is 2.82 bits per heavy atom. The number of aliphatic hydroxyl groups is 1. The number of hydrogen-bond donors (Lipinski definition) is 1. The number of hydrogen-bond acceptors (Lipinski definition) is 4. The number of thioether (sulfide) groups is 1. The SMILES string of the molecule is CC(C)(C)OC(=O)N1CCCC1CSCCO. The van der Waals surface area contributed by atoms with Crippen molar-refractivity contribution in [1.29, 1.82) is 0 Å². The van der Waals surface area contributed by atoms with E-state index in [1.807, 2.05) is 25.7 Å². The highest BCUT2D eigenvalue weighted by atomic mass is 32.2. The Kier molecular flexibility index (Phi) is 5.59. The van der Waals surface area contributed by atoms with Crippen LogP contribution in [-0.2, 0) is 4.74 Å². The third-order valence-corrected chi connectivity index (χ3v) is 3.64. The quantitative estimate of drug-likeness (QED) is 0.788. The summed E-state index contributed by atoms with van der Waals surface area (Å²) in [6.45, 7) is 6.65. The number of rotatable bonds is 4. The van der Waals surface area contributed by atoms with E-state index < -0.39 is 5.60 Å². The molecular weight excluding hydrogens is 238 g/mol. The maximum Gasteiger partial charge on any atom is 0.410 e. The van der Waals surface area contributed by atoms with E-state index in [1.165, 1.54) is 0 Å². The topological polar surface area (TPSA) is 49.8 Å². The van der Waals surface area contributed by atoms with Crippen LogP contribution in [-0.4, -0.2) is 52.4 Å². The standard InChI is InChI=1S/C12H23NO3S/c1-12(2,3)16-11(15)13-6-4-5-10(13)9-17-8-7-14/h10,14H,4-9H2,1-3H3. The summed E-state index contributed by atoms with van der Waals surface area (Å²) in [6.07, 6.45) is 1.88. The van der Waals surface area contributed by atoms with E-state index in [9.17, 15) is 4.79 Å². The van der Waals surface area contributed by atoms with Crippen molar-refractivity contribution in [3.05, 3.63) is 0 Å². The van der Waals surface area contributed by atoms with Crippen molar-refractivity contribution >= 4 is 17.9 Å². The lowest BCUT2D eigenvalue weighted by molar-refractivity contribution is 0.0242. The van der Waals surface area contributed by atoms with Crippen molar-refractivity contribution in [3.8, 4) is 0 Å². The molecule has 5 heteroatoms. The van der Waals surface area contributed by atoms with Gasteiger partial charge in [0.15, 0.2) is 0 Å². The van der Waals surface area contributed by atoms with Gasteiger partial charge in [0, 0.05) is 24.1 Å². The predicted molar refractivity (Wildman–Crippen MR) is 70.4 cm³/mol. The Morgan fingerprint density at radius 1 is 1.53 bits per heavy atom. The van der Waals surface area contributed by atoms with Crippen LogP contribution in [0.4, 0.5) is 4.79 Å². The van der Waals surface area contributed by atoms with E-state index in [0.717, 1.165) is 30.9 Å². The van der Waals surface area contributed by atoms with Gasteiger partial charge in [0.2, 0.25) is 0 Å². The second-order valence-corrected chi connectivity index (χ2v) is 6.42. The second-order valence-electron chi connectivity index (χ2n) is 5.27. The summed E-state index contributed by atoms with van der Waals surface area (Å²) >= 11 is 1.69. The Hall–Kier alpha value is -0.420. The van der Waals surface area contributed by atoms with Crippen LogP contribution >= 0.6 is 11.8 Å². The summed E-state index contributed by atoms with van der Waals surface area (Å²) in [6, 6.07) is 0.265. The third kappa shape index (κ3) is 5.17. The van der Waals surface area contributed by atoms with Crippen LogP contribution in [0, 0.1) is 0 Å². The fraction of sp³-hybridized carbons (Fsp3) is 0.917. The van der Waals surface area contributed by atoms with Crippen molar-refractivity contribution in [2.45, 2.75) is 45.3 Å². The van der Waals surface area contributed by atoms with Crippen molar-refractivity contribution in [2.75, 3.05) is 24.7 Å². The molecule has 0 aromatic rings. The minimum Gasteiger partial charge on any atom is -0.444 e. The van der Waals surface area contributed by atoms with Gasteiger partial charge in [-0.05, 0) is 33.6 Å². The van der Waals surface area contributed by atoms with E-state index in [1.54, 1.807) is 11.8 Å². The summed E-state index contributed by atoms with van der Waals surface area (Å²) in [7, 11) is 0. The molecule has 0 spiro atoms. The van der Waals surface area contributed by atoms with Crippen LogP contribution in [0.25, 0.3) is 0 Å². The summed E-state index contributed by atoms with van der Waals surface area (Å²) in [5, 5.41) is 8.74. The second kappa shape index (κ2) is 6.50. The van der Waals surface area contributed by atoms with Gasteiger partial charge in [0.05, 0.1) is 6.61 Å².